The van der Waals surface area contributed by atoms with Crippen molar-refractivity contribution in [2.45, 2.75) is 6.42 Å². The third-order valence-electron chi connectivity index (χ3n) is 1.92. The van der Waals surface area contributed by atoms with Gasteiger partial charge in [0.1, 0.15) is 0 Å². The van der Waals surface area contributed by atoms with Crippen LogP contribution in [0.4, 0.5) is 0 Å². The molecule has 0 aromatic carbocycles. The van der Waals surface area contributed by atoms with Crippen LogP contribution < -0.4 is 0 Å². The molecule has 0 saturated heterocycles. The molecule has 12 heavy (non-hydrogen) atoms. The fourth-order valence-corrected chi connectivity index (χ4v) is 1.36. The first-order valence-electron chi connectivity index (χ1n) is 3.67. The van der Waals surface area contributed by atoms with Crippen molar-refractivity contribution in [3.05, 3.63) is 35.2 Å². The molecule has 3 heteroatoms. The zero-order valence-electron chi connectivity index (χ0n) is 6.32. The van der Waals surface area contributed by atoms with Gasteiger partial charge in [0.05, 0.1) is 11.3 Å². The molecule has 1 N–H and O–H groups in total. The van der Waals surface area contributed by atoms with Gasteiger partial charge in [0.15, 0.2) is 0 Å². The summed E-state index contributed by atoms with van der Waals surface area (Å²) in [4.78, 5) is 14.8. The number of rotatable bonds is 1. The molecule has 0 atom stereocenters. The largest absolute Gasteiger partial charge is 0.478 e. The van der Waals surface area contributed by atoms with Crippen LogP contribution in [0.15, 0.2) is 18.3 Å². The van der Waals surface area contributed by atoms with Crippen LogP contribution in [-0.4, -0.2) is 16.1 Å². The zero-order valence-corrected chi connectivity index (χ0v) is 6.32. The monoisotopic (exact) mass is 161 g/mol. The number of hydrogen-bond acceptors (Lipinski definition) is 2. The Hall–Kier alpha value is -1.64. The molecule has 1 aliphatic carbocycles. The Morgan fingerprint density at radius 1 is 1.58 bits per heavy atom. The Morgan fingerprint density at radius 2 is 2.42 bits per heavy atom. The van der Waals surface area contributed by atoms with Crippen molar-refractivity contribution in [3.8, 4) is 0 Å². The third-order valence-corrected chi connectivity index (χ3v) is 1.92. The van der Waals surface area contributed by atoms with Gasteiger partial charge in [0.25, 0.3) is 0 Å². The van der Waals surface area contributed by atoms with Crippen molar-refractivity contribution in [1.29, 1.82) is 0 Å². The molecule has 0 radical (unpaired) electrons. The summed E-state index contributed by atoms with van der Waals surface area (Å²) < 4.78 is 0. The Morgan fingerprint density at radius 3 is 3.17 bits per heavy atom. The van der Waals surface area contributed by atoms with E-state index in [0.29, 0.717) is 12.0 Å². The highest BCUT2D eigenvalue weighted by atomic mass is 16.4. The van der Waals surface area contributed by atoms with Gasteiger partial charge in [-0.1, -0.05) is 6.08 Å². The lowest BCUT2D eigenvalue weighted by molar-refractivity contribution is 0.0695. The summed E-state index contributed by atoms with van der Waals surface area (Å²) in [6.07, 6.45) is 5.98. The number of nitrogens with zero attached hydrogens (tertiary/aromatic N) is 1. The molecule has 0 aliphatic heterocycles. The van der Waals surface area contributed by atoms with E-state index in [1.165, 1.54) is 12.3 Å². The lowest BCUT2D eigenvalue weighted by Crippen LogP contribution is -2.02. The van der Waals surface area contributed by atoms with E-state index in [-0.39, 0.29) is 0 Å². The van der Waals surface area contributed by atoms with Gasteiger partial charge in [-0.25, -0.2) is 4.79 Å². The summed E-state index contributed by atoms with van der Waals surface area (Å²) in [5.74, 6) is -0.877. The van der Waals surface area contributed by atoms with Gasteiger partial charge in [-0.2, -0.15) is 0 Å². The molecule has 0 bridgehead atoms. The van der Waals surface area contributed by atoms with Gasteiger partial charge < -0.3 is 5.11 Å². The van der Waals surface area contributed by atoms with Gasteiger partial charge in [-0.3, -0.25) is 4.98 Å². The minimum absolute atomic E-state index is 0.366. The minimum Gasteiger partial charge on any atom is -0.478 e. The summed E-state index contributed by atoms with van der Waals surface area (Å²) in [5.41, 5.74) is 1.98. The first-order valence-corrected chi connectivity index (χ1v) is 3.67. The van der Waals surface area contributed by atoms with Crippen LogP contribution in [0.25, 0.3) is 6.08 Å². The van der Waals surface area contributed by atoms with Crippen molar-refractivity contribution in [2.75, 3.05) is 0 Å². The summed E-state index contributed by atoms with van der Waals surface area (Å²) in [6, 6.07) is 1.54. The van der Waals surface area contributed by atoms with Gasteiger partial charge in [-0.15, -0.1) is 0 Å². The maximum atomic E-state index is 10.7. The quantitative estimate of drug-likeness (QED) is 0.676. The topological polar surface area (TPSA) is 50.2 Å². The summed E-state index contributed by atoms with van der Waals surface area (Å²) in [7, 11) is 0. The molecule has 0 spiro atoms. The van der Waals surface area contributed by atoms with Crippen LogP contribution in [0.3, 0.4) is 0 Å². The SMILES string of the molecule is O=C(O)c1ccnc2c1CC=C2. The fourth-order valence-electron chi connectivity index (χ4n) is 1.36. The molecule has 0 saturated carbocycles. The molecule has 0 amide bonds. The van der Waals surface area contributed by atoms with E-state index < -0.39 is 5.97 Å². The number of aromatic carboxylic acids is 1. The summed E-state index contributed by atoms with van der Waals surface area (Å²) in [6.45, 7) is 0. The number of allylic oxidation sites excluding steroid dienone is 1. The molecule has 1 heterocycles. The number of carboxylic acid groups (broad SMARTS) is 1. The fraction of sp³-hybridized carbons (Fsp3) is 0.111. The highest BCUT2D eigenvalue weighted by molar-refractivity contribution is 5.90. The van der Waals surface area contributed by atoms with Gasteiger partial charge in [0.2, 0.25) is 0 Å². The number of aromatic nitrogens is 1. The summed E-state index contributed by atoms with van der Waals surface area (Å²) >= 11 is 0. The maximum absolute atomic E-state index is 10.7. The Kier molecular flexibility index (Phi) is 1.43. The zero-order chi connectivity index (χ0) is 8.55. The molecular weight excluding hydrogens is 154 g/mol. The second kappa shape index (κ2) is 2.44. The van der Waals surface area contributed by atoms with E-state index in [2.05, 4.69) is 4.98 Å². The van der Waals surface area contributed by atoms with Crippen molar-refractivity contribution >= 4 is 12.0 Å². The van der Waals surface area contributed by atoms with Crippen LogP contribution in [0.2, 0.25) is 0 Å². The second-order valence-corrected chi connectivity index (χ2v) is 2.63. The molecule has 60 valence electrons. The van der Waals surface area contributed by atoms with E-state index in [1.54, 1.807) is 0 Å². The molecular formula is C9H7NO2. The Balaban J connectivity index is 2.60. The number of fused-ring (bicyclic) bond motifs is 1. The average molecular weight is 161 g/mol. The first kappa shape index (κ1) is 7.03. The Labute approximate surface area is 69.4 Å². The molecule has 0 unspecified atom stereocenters. The molecule has 3 nitrogen and oxygen atoms in total. The highest BCUT2D eigenvalue weighted by Crippen LogP contribution is 2.20. The highest BCUT2D eigenvalue weighted by Gasteiger charge is 2.15. The van der Waals surface area contributed by atoms with E-state index in [1.807, 2.05) is 12.2 Å². The molecule has 0 fully saturated rings. The van der Waals surface area contributed by atoms with Crippen molar-refractivity contribution in [2.24, 2.45) is 0 Å². The van der Waals surface area contributed by atoms with Crippen LogP contribution in [0, 0.1) is 0 Å². The number of carboxylic acids is 1. The predicted molar refractivity (Wildman–Crippen MR) is 43.9 cm³/mol. The molecule has 1 aromatic heterocycles. The van der Waals surface area contributed by atoms with Crippen molar-refractivity contribution in [3.63, 3.8) is 0 Å². The normalized spacial score (nSPS) is 13.0. The number of hydrogen-bond donors (Lipinski definition) is 1. The van der Waals surface area contributed by atoms with Crippen LogP contribution in [-0.2, 0) is 6.42 Å². The second-order valence-electron chi connectivity index (χ2n) is 2.63. The first-order chi connectivity index (χ1) is 5.79. The van der Waals surface area contributed by atoms with Crippen LogP contribution in [0.1, 0.15) is 21.6 Å². The molecule has 2 rings (SSSR count). The number of pyridine rings is 1. The van der Waals surface area contributed by atoms with E-state index in [9.17, 15) is 4.79 Å². The molecule has 1 aliphatic rings. The summed E-state index contributed by atoms with van der Waals surface area (Å²) in [5, 5.41) is 8.79. The lowest BCUT2D eigenvalue weighted by Gasteiger charge is -2.01. The predicted octanol–water partition coefficient (Wildman–Crippen LogP) is 1.35. The van der Waals surface area contributed by atoms with Gasteiger partial charge in [0, 0.05) is 6.20 Å². The van der Waals surface area contributed by atoms with Gasteiger partial charge in [-0.05, 0) is 24.1 Å². The Bertz CT molecular complexity index is 369. The van der Waals surface area contributed by atoms with Gasteiger partial charge >= 0.3 is 5.97 Å². The maximum Gasteiger partial charge on any atom is 0.336 e. The lowest BCUT2D eigenvalue weighted by atomic mass is 10.1. The van der Waals surface area contributed by atoms with Crippen LogP contribution in [0.5, 0.6) is 0 Å². The van der Waals surface area contributed by atoms with Crippen LogP contribution >= 0.6 is 0 Å². The molecule has 1 aromatic rings. The smallest absolute Gasteiger partial charge is 0.336 e. The van der Waals surface area contributed by atoms with E-state index in [4.69, 9.17) is 5.11 Å². The minimum atomic E-state index is -0.877. The standard InChI is InChI=1S/C9H7NO2/c11-9(12)7-4-5-10-8-3-1-2-6(7)8/h1,3-5H,2H2,(H,11,12). The van der Waals surface area contributed by atoms with Crippen molar-refractivity contribution < 1.29 is 9.90 Å². The van der Waals surface area contributed by atoms with E-state index in [0.717, 1.165) is 11.3 Å². The third kappa shape index (κ3) is 0.906. The van der Waals surface area contributed by atoms with E-state index >= 15 is 0 Å². The number of carbonyl (C=O) groups is 1. The average Bonchev–Trinajstić information content (AvgIpc) is 2.49. The van der Waals surface area contributed by atoms with Crippen molar-refractivity contribution in [1.82, 2.24) is 4.98 Å².